The lowest BCUT2D eigenvalue weighted by Gasteiger charge is -2.10. The van der Waals surface area contributed by atoms with E-state index in [1.807, 2.05) is 66.7 Å². The number of hydrogen-bond donors (Lipinski definition) is 1. The molecule has 148 valence electrons. The van der Waals surface area contributed by atoms with Gasteiger partial charge in [0.15, 0.2) is 0 Å². The van der Waals surface area contributed by atoms with Gasteiger partial charge < -0.3 is 9.88 Å². The molecule has 0 aliphatic heterocycles. The van der Waals surface area contributed by atoms with E-state index in [0.29, 0.717) is 10.0 Å². The van der Waals surface area contributed by atoms with Gasteiger partial charge in [0.2, 0.25) is 5.78 Å². The summed E-state index contributed by atoms with van der Waals surface area (Å²) in [6.45, 7) is 2.94. The van der Waals surface area contributed by atoms with Gasteiger partial charge in [-0.1, -0.05) is 66.3 Å². The SMILES string of the molecule is CCn1c2ccccc2n2c(C(=S)Nc3ccccc3)c(-c3ccc(Cl)cc3)nc12. The van der Waals surface area contributed by atoms with Gasteiger partial charge in [0.05, 0.1) is 11.0 Å². The fourth-order valence-electron chi connectivity index (χ4n) is 3.85. The van der Waals surface area contributed by atoms with Crippen LogP contribution in [0.15, 0.2) is 78.9 Å². The third-order valence-electron chi connectivity index (χ3n) is 5.20. The number of imidazole rings is 2. The van der Waals surface area contributed by atoms with Crippen molar-refractivity contribution in [3.63, 3.8) is 0 Å². The molecule has 6 heteroatoms. The zero-order valence-electron chi connectivity index (χ0n) is 16.3. The molecule has 0 atom stereocenters. The highest BCUT2D eigenvalue weighted by Gasteiger charge is 2.23. The first-order valence-corrected chi connectivity index (χ1v) is 10.6. The Morgan fingerprint density at radius 3 is 2.30 bits per heavy atom. The van der Waals surface area contributed by atoms with Gasteiger partial charge in [0, 0.05) is 22.8 Å². The van der Waals surface area contributed by atoms with Crippen LogP contribution in [-0.4, -0.2) is 18.9 Å². The maximum atomic E-state index is 6.12. The highest BCUT2D eigenvalue weighted by molar-refractivity contribution is 7.81. The zero-order valence-corrected chi connectivity index (χ0v) is 17.9. The van der Waals surface area contributed by atoms with Gasteiger partial charge in [-0.05, 0) is 43.3 Å². The number of aromatic nitrogens is 3. The molecule has 5 aromatic rings. The van der Waals surface area contributed by atoms with Gasteiger partial charge in [-0.3, -0.25) is 4.40 Å². The van der Waals surface area contributed by atoms with Crippen molar-refractivity contribution in [2.45, 2.75) is 13.5 Å². The lowest BCUT2D eigenvalue weighted by Crippen LogP contribution is -2.14. The Kier molecular flexibility index (Phi) is 4.77. The number of rotatable bonds is 4. The van der Waals surface area contributed by atoms with Crippen LogP contribution in [0.5, 0.6) is 0 Å². The lowest BCUT2D eigenvalue weighted by atomic mass is 10.1. The van der Waals surface area contributed by atoms with Crippen LogP contribution >= 0.6 is 23.8 Å². The summed E-state index contributed by atoms with van der Waals surface area (Å²) in [5, 5.41) is 4.08. The van der Waals surface area contributed by atoms with E-state index in [4.69, 9.17) is 28.8 Å². The van der Waals surface area contributed by atoms with Crippen molar-refractivity contribution in [3.8, 4) is 11.3 Å². The van der Waals surface area contributed by atoms with Crippen LogP contribution in [0.2, 0.25) is 5.02 Å². The predicted molar refractivity (Wildman–Crippen MR) is 129 cm³/mol. The summed E-state index contributed by atoms with van der Waals surface area (Å²) < 4.78 is 4.37. The summed E-state index contributed by atoms with van der Waals surface area (Å²) in [6.07, 6.45) is 0. The lowest BCUT2D eigenvalue weighted by molar-refractivity contribution is 0.807. The quantitative estimate of drug-likeness (QED) is 0.334. The molecular weight excluding hydrogens is 412 g/mol. The van der Waals surface area contributed by atoms with Gasteiger partial charge in [0.1, 0.15) is 16.4 Å². The molecule has 0 unspecified atom stereocenters. The van der Waals surface area contributed by atoms with E-state index in [0.717, 1.165) is 46.0 Å². The minimum atomic E-state index is 0.623. The second-order valence-corrected chi connectivity index (χ2v) is 7.85. The highest BCUT2D eigenvalue weighted by Crippen LogP contribution is 2.31. The molecular formula is C24H19ClN4S. The van der Waals surface area contributed by atoms with Crippen molar-refractivity contribution in [2.75, 3.05) is 5.32 Å². The Morgan fingerprint density at radius 1 is 0.933 bits per heavy atom. The van der Waals surface area contributed by atoms with Crippen molar-refractivity contribution < 1.29 is 0 Å². The molecule has 0 amide bonds. The third-order valence-corrected chi connectivity index (χ3v) is 5.74. The number of fused-ring (bicyclic) bond motifs is 3. The van der Waals surface area contributed by atoms with Crippen LogP contribution in [0.1, 0.15) is 12.6 Å². The van der Waals surface area contributed by atoms with Crippen LogP contribution in [0, 0.1) is 0 Å². The van der Waals surface area contributed by atoms with Gasteiger partial charge >= 0.3 is 0 Å². The van der Waals surface area contributed by atoms with Gasteiger partial charge in [-0.25, -0.2) is 4.98 Å². The minimum absolute atomic E-state index is 0.623. The van der Waals surface area contributed by atoms with Crippen molar-refractivity contribution in [1.82, 2.24) is 14.0 Å². The van der Waals surface area contributed by atoms with Crippen molar-refractivity contribution in [3.05, 3.63) is 89.6 Å². The maximum absolute atomic E-state index is 6.12. The zero-order chi connectivity index (χ0) is 20.7. The smallest absolute Gasteiger partial charge is 0.216 e. The Hall–Kier alpha value is -3.15. The summed E-state index contributed by atoms with van der Waals surface area (Å²) in [5.41, 5.74) is 5.83. The molecule has 1 N–H and O–H groups in total. The number of anilines is 1. The first-order chi connectivity index (χ1) is 14.7. The first-order valence-electron chi connectivity index (χ1n) is 9.79. The van der Waals surface area contributed by atoms with E-state index in [-0.39, 0.29) is 0 Å². The van der Waals surface area contributed by atoms with Crippen LogP contribution in [0.25, 0.3) is 28.1 Å². The molecule has 0 radical (unpaired) electrons. The van der Waals surface area contributed by atoms with E-state index in [9.17, 15) is 0 Å². The number of nitrogens with one attached hydrogen (secondary N) is 1. The fourth-order valence-corrected chi connectivity index (χ4v) is 4.28. The molecule has 3 aromatic carbocycles. The van der Waals surface area contributed by atoms with Gasteiger partial charge in [-0.15, -0.1) is 0 Å². The number of thiocarbonyl (C=S) groups is 1. The van der Waals surface area contributed by atoms with E-state index in [1.165, 1.54) is 0 Å². The van der Waals surface area contributed by atoms with E-state index < -0.39 is 0 Å². The third kappa shape index (κ3) is 3.07. The summed E-state index contributed by atoms with van der Waals surface area (Å²) >= 11 is 12.0. The molecule has 2 aromatic heterocycles. The predicted octanol–water partition coefficient (Wildman–Crippen LogP) is 6.42. The van der Waals surface area contributed by atoms with Gasteiger partial charge in [0.25, 0.3) is 0 Å². The number of nitrogens with zero attached hydrogens (tertiary/aromatic N) is 3. The number of benzene rings is 3. The fraction of sp³-hybridized carbons (Fsp3) is 0.0833. The highest BCUT2D eigenvalue weighted by atomic mass is 35.5. The molecule has 0 aliphatic carbocycles. The standard InChI is InChI=1S/C24H19ClN4S/c1-2-28-19-10-6-7-11-20(19)29-22(23(30)26-18-8-4-3-5-9-18)21(27-24(28)29)16-12-14-17(25)15-13-16/h3-15H,2H2,1H3,(H,26,30). The Bertz CT molecular complexity index is 1370. The summed E-state index contributed by atoms with van der Waals surface area (Å²) in [5.74, 6) is 0.871. The monoisotopic (exact) mass is 430 g/mol. The topological polar surface area (TPSA) is 34.3 Å². The van der Waals surface area contributed by atoms with Crippen molar-refractivity contribution in [2.24, 2.45) is 0 Å². The largest absolute Gasteiger partial charge is 0.345 e. The summed E-state index contributed by atoms with van der Waals surface area (Å²) in [4.78, 5) is 5.66. The van der Waals surface area contributed by atoms with E-state index >= 15 is 0 Å². The Morgan fingerprint density at radius 2 is 1.60 bits per heavy atom. The van der Waals surface area contributed by atoms with Crippen molar-refractivity contribution in [1.29, 1.82) is 0 Å². The number of hydrogen-bond acceptors (Lipinski definition) is 2. The molecule has 0 spiro atoms. The number of para-hydroxylation sites is 3. The molecule has 0 aliphatic rings. The van der Waals surface area contributed by atoms with Crippen molar-refractivity contribution >= 4 is 51.3 Å². The molecule has 2 heterocycles. The van der Waals surface area contributed by atoms with E-state index in [1.54, 1.807) is 0 Å². The molecule has 0 fully saturated rings. The molecule has 30 heavy (non-hydrogen) atoms. The molecule has 4 nitrogen and oxygen atoms in total. The molecule has 0 saturated carbocycles. The molecule has 0 bridgehead atoms. The van der Waals surface area contributed by atoms with Crippen LogP contribution in [0.4, 0.5) is 5.69 Å². The second kappa shape index (κ2) is 7.59. The minimum Gasteiger partial charge on any atom is -0.345 e. The second-order valence-electron chi connectivity index (χ2n) is 7.00. The van der Waals surface area contributed by atoms with Crippen LogP contribution in [-0.2, 0) is 6.54 Å². The molecule has 0 saturated heterocycles. The summed E-state index contributed by atoms with van der Waals surface area (Å²) in [7, 11) is 0. The molecule has 5 rings (SSSR count). The Balaban J connectivity index is 1.79. The average Bonchev–Trinajstić information content (AvgIpc) is 3.29. The number of halogens is 1. The summed E-state index contributed by atoms with van der Waals surface area (Å²) in [6, 6.07) is 26.0. The normalized spacial score (nSPS) is 11.3. The number of aryl methyl sites for hydroxylation is 1. The van der Waals surface area contributed by atoms with Crippen LogP contribution < -0.4 is 5.32 Å². The first kappa shape index (κ1) is 18.9. The van der Waals surface area contributed by atoms with Gasteiger partial charge in [-0.2, -0.15) is 0 Å². The average molecular weight is 431 g/mol. The maximum Gasteiger partial charge on any atom is 0.216 e. The Labute approximate surface area is 184 Å². The van der Waals surface area contributed by atoms with Crippen LogP contribution in [0.3, 0.4) is 0 Å². The van der Waals surface area contributed by atoms with E-state index in [2.05, 4.69) is 33.3 Å².